The zero-order chi connectivity index (χ0) is 14.0. The summed E-state index contributed by atoms with van der Waals surface area (Å²) in [6.45, 7) is 4.07. The SMILES string of the molecule is CC1(C)CN(C(=O)c2cccnc2F)CC(CO)O1. The van der Waals surface area contributed by atoms with E-state index in [-0.39, 0.29) is 18.7 Å². The van der Waals surface area contributed by atoms with Gasteiger partial charge in [0, 0.05) is 19.3 Å². The lowest BCUT2D eigenvalue weighted by Crippen LogP contribution is -2.55. The number of carbonyl (C=O) groups is 1. The van der Waals surface area contributed by atoms with Crippen LogP contribution in [-0.2, 0) is 4.74 Å². The van der Waals surface area contributed by atoms with Gasteiger partial charge in [-0.25, -0.2) is 4.98 Å². The number of aliphatic hydroxyl groups excluding tert-OH is 1. The second kappa shape index (κ2) is 5.22. The van der Waals surface area contributed by atoms with Crippen molar-refractivity contribution in [2.24, 2.45) is 0 Å². The molecule has 1 unspecified atom stereocenters. The van der Waals surface area contributed by atoms with E-state index >= 15 is 0 Å². The van der Waals surface area contributed by atoms with Crippen molar-refractivity contribution in [2.45, 2.75) is 25.6 Å². The number of halogens is 1. The Morgan fingerprint density at radius 1 is 1.68 bits per heavy atom. The molecule has 1 aromatic rings. The maximum Gasteiger partial charge on any atom is 0.258 e. The Morgan fingerprint density at radius 2 is 2.42 bits per heavy atom. The lowest BCUT2D eigenvalue weighted by Gasteiger charge is -2.42. The van der Waals surface area contributed by atoms with Crippen LogP contribution in [0.1, 0.15) is 24.2 Å². The molecule has 2 rings (SSSR count). The van der Waals surface area contributed by atoms with Gasteiger partial charge < -0.3 is 14.7 Å². The summed E-state index contributed by atoms with van der Waals surface area (Å²) in [5.41, 5.74) is -0.628. The first-order chi connectivity index (χ1) is 8.93. The third-order valence-electron chi connectivity index (χ3n) is 2.96. The predicted octanol–water partition coefficient (Wildman–Crippen LogP) is 0.833. The molecule has 6 heteroatoms. The maximum atomic E-state index is 13.5. The van der Waals surface area contributed by atoms with Gasteiger partial charge in [-0.15, -0.1) is 0 Å². The van der Waals surface area contributed by atoms with Crippen LogP contribution in [0.25, 0.3) is 0 Å². The molecule has 5 nitrogen and oxygen atoms in total. The van der Waals surface area contributed by atoms with E-state index in [9.17, 15) is 14.3 Å². The normalized spacial score (nSPS) is 22.3. The summed E-state index contributed by atoms with van der Waals surface area (Å²) in [7, 11) is 0. The molecule has 0 aliphatic carbocycles. The van der Waals surface area contributed by atoms with Crippen molar-refractivity contribution in [1.29, 1.82) is 0 Å². The van der Waals surface area contributed by atoms with Gasteiger partial charge in [-0.3, -0.25) is 4.79 Å². The molecule has 1 aliphatic rings. The van der Waals surface area contributed by atoms with Crippen molar-refractivity contribution in [2.75, 3.05) is 19.7 Å². The van der Waals surface area contributed by atoms with E-state index in [0.29, 0.717) is 6.54 Å². The molecule has 1 aromatic heterocycles. The summed E-state index contributed by atoms with van der Waals surface area (Å²) in [6.07, 6.45) is 0.846. The van der Waals surface area contributed by atoms with Gasteiger partial charge in [0.2, 0.25) is 5.95 Å². The Bertz CT molecular complexity index is 479. The molecule has 1 N–H and O–H groups in total. The van der Waals surface area contributed by atoms with Crippen LogP contribution in [0.5, 0.6) is 0 Å². The highest BCUT2D eigenvalue weighted by molar-refractivity contribution is 5.94. The molecule has 1 saturated heterocycles. The third-order valence-corrected chi connectivity index (χ3v) is 2.96. The number of morpholine rings is 1. The summed E-state index contributed by atoms with van der Waals surface area (Å²) >= 11 is 0. The van der Waals surface area contributed by atoms with Gasteiger partial charge in [0.25, 0.3) is 5.91 Å². The fraction of sp³-hybridized carbons (Fsp3) is 0.538. The molecule has 0 aromatic carbocycles. The van der Waals surface area contributed by atoms with E-state index in [4.69, 9.17) is 4.74 Å². The number of hydrogen-bond donors (Lipinski definition) is 1. The molecule has 0 spiro atoms. The first-order valence-corrected chi connectivity index (χ1v) is 6.11. The van der Waals surface area contributed by atoms with Crippen LogP contribution >= 0.6 is 0 Å². The van der Waals surface area contributed by atoms with Crippen molar-refractivity contribution in [3.63, 3.8) is 0 Å². The number of nitrogens with zero attached hydrogens (tertiary/aromatic N) is 2. The Hall–Kier alpha value is -1.53. The number of ether oxygens (including phenoxy) is 1. The number of amides is 1. The summed E-state index contributed by atoms with van der Waals surface area (Å²) < 4.78 is 19.1. The molecule has 0 saturated carbocycles. The third kappa shape index (κ3) is 3.08. The minimum absolute atomic E-state index is 0.0584. The number of aliphatic hydroxyl groups is 1. The largest absolute Gasteiger partial charge is 0.394 e. The number of carbonyl (C=O) groups excluding carboxylic acids is 1. The molecule has 0 bridgehead atoms. The van der Waals surface area contributed by atoms with Crippen molar-refractivity contribution in [3.8, 4) is 0 Å². The zero-order valence-corrected chi connectivity index (χ0v) is 11.0. The molecule has 2 heterocycles. The lowest BCUT2D eigenvalue weighted by atomic mass is 10.0. The lowest BCUT2D eigenvalue weighted by molar-refractivity contribution is -0.139. The number of pyridine rings is 1. The second-order valence-electron chi connectivity index (χ2n) is 5.21. The number of aromatic nitrogens is 1. The molecule has 104 valence electrons. The predicted molar refractivity (Wildman–Crippen MR) is 66.1 cm³/mol. The standard InChI is InChI=1S/C13H17FN2O3/c1-13(2)8-16(6-9(7-17)19-13)12(18)10-4-3-5-15-11(10)14/h3-5,9,17H,6-8H2,1-2H3. The topological polar surface area (TPSA) is 62.7 Å². The highest BCUT2D eigenvalue weighted by Crippen LogP contribution is 2.22. The first-order valence-electron chi connectivity index (χ1n) is 6.11. The van der Waals surface area contributed by atoms with E-state index in [1.165, 1.54) is 23.2 Å². The smallest absolute Gasteiger partial charge is 0.258 e. The van der Waals surface area contributed by atoms with Crippen LogP contribution < -0.4 is 0 Å². The summed E-state index contributed by atoms with van der Waals surface area (Å²) in [6, 6.07) is 2.92. The van der Waals surface area contributed by atoms with Gasteiger partial charge in [0.15, 0.2) is 0 Å². The van der Waals surface area contributed by atoms with E-state index in [1.807, 2.05) is 13.8 Å². The highest BCUT2D eigenvalue weighted by atomic mass is 19.1. The highest BCUT2D eigenvalue weighted by Gasteiger charge is 2.36. The minimum atomic E-state index is -0.780. The zero-order valence-electron chi connectivity index (χ0n) is 11.0. The van der Waals surface area contributed by atoms with Gasteiger partial charge in [-0.1, -0.05) is 0 Å². The average molecular weight is 268 g/mol. The molecular weight excluding hydrogens is 251 g/mol. The molecule has 1 amide bonds. The van der Waals surface area contributed by atoms with E-state index < -0.39 is 23.6 Å². The Kier molecular flexibility index (Phi) is 3.82. The Morgan fingerprint density at radius 3 is 3.05 bits per heavy atom. The molecule has 0 radical (unpaired) electrons. The van der Waals surface area contributed by atoms with Crippen molar-refractivity contribution in [3.05, 3.63) is 29.8 Å². The first kappa shape index (κ1) is 13.9. The van der Waals surface area contributed by atoms with Gasteiger partial charge in [-0.05, 0) is 26.0 Å². The molecule has 1 fully saturated rings. The quantitative estimate of drug-likeness (QED) is 0.807. The van der Waals surface area contributed by atoms with Crippen LogP contribution in [0.4, 0.5) is 4.39 Å². The van der Waals surface area contributed by atoms with Crippen LogP contribution in [0.3, 0.4) is 0 Å². The van der Waals surface area contributed by atoms with Gasteiger partial charge in [0.1, 0.15) is 0 Å². The second-order valence-corrected chi connectivity index (χ2v) is 5.21. The number of hydrogen-bond acceptors (Lipinski definition) is 4. The van der Waals surface area contributed by atoms with E-state index in [1.54, 1.807) is 0 Å². The monoisotopic (exact) mass is 268 g/mol. The minimum Gasteiger partial charge on any atom is -0.394 e. The molecule has 19 heavy (non-hydrogen) atoms. The van der Waals surface area contributed by atoms with Gasteiger partial charge >= 0.3 is 0 Å². The summed E-state index contributed by atoms with van der Waals surface area (Å²) in [5.74, 6) is -1.21. The van der Waals surface area contributed by atoms with Gasteiger partial charge in [0.05, 0.1) is 23.9 Å². The van der Waals surface area contributed by atoms with Crippen molar-refractivity contribution in [1.82, 2.24) is 9.88 Å². The van der Waals surface area contributed by atoms with E-state index in [2.05, 4.69) is 4.98 Å². The van der Waals surface area contributed by atoms with Crippen LogP contribution in [0.2, 0.25) is 0 Å². The maximum absolute atomic E-state index is 13.5. The Balaban J connectivity index is 2.21. The average Bonchev–Trinajstić information content (AvgIpc) is 2.36. The van der Waals surface area contributed by atoms with Gasteiger partial charge in [-0.2, -0.15) is 4.39 Å². The molecule has 1 aliphatic heterocycles. The van der Waals surface area contributed by atoms with Crippen LogP contribution in [-0.4, -0.2) is 52.3 Å². The van der Waals surface area contributed by atoms with Crippen LogP contribution in [0, 0.1) is 5.95 Å². The van der Waals surface area contributed by atoms with Crippen LogP contribution in [0.15, 0.2) is 18.3 Å². The number of rotatable bonds is 2. The molecule has 1 atom stereocenters. The van der Waals surface area contributed by atoms with Crippen molar-refractivity contribution < 1.29 is 19.0 Å². The molecular formula is C13H17FN2O3. The fourth-order valence-electron chi connectivity index (χ4n) is 2.26. The fourth-order valence-corrected chi connectivity index (χ4v) is 2.26. The van der Waals surface area contributed by atoms with E-state index in [0.717, 1.165) is 0 Å². The van der Waals surface area contributed by atoms with Crippen molar-refractivity contribution >= 4 is 5.91 Å². The summed E-state index contributed by atoms with van der Waals surface area (Å²) in [5, 5.41) is 9.20. The summed E-state index contributed by atoms with van der Waals surface area (Å²) in [4.78, 5) is 17.2. The Labute approximate surface area is 111 Å².